The van der Waals surface area contributed by atoms with Crippen molar-refractivity contribution in [1.82, 2.24) is 5.32 Å². The van der Waals surface area contributed by atoms with Gasteiger partial charge in [0.05, 0.1) is 13.5 Å². The zero-order chi connectivity index (χ0) is 16.9. The minimum Gasteiger partial charge on any atom is -0.497 e. The minimum absolute atomic E-state index is 0.00802. The van der Waals surface area contributed by atoms with Gasteiger partial charge >= 0.3 is 0 Å². The van der Waals surface area contributed by atoms with Gasteiger partial charge in [0, 0.05) is 13.2 Å². The van der Waals surface area contributed by atoms with Gasteiger partial charge in [-0.2, -0.15) is 0 Å². The third kappa shape index (κ3) is 4.70. The van der Waals surface area contributed by atoms with Gasteiger partial charge in [-0.15, -0.1) is 0 Å². The summed E-state index contributed by atoms with van der Waals surface area (Å²) in [5.41, 5.74) is 0.880. The van der Waals surface area contributed by atoms with Gasteiger partial charge in [0.2, 0.25) is 5.91 Å². The summed E-state index contributed by atoms with van der Waals surface area (Å²) in [6.45, 7) is 4.75. The van der Waals surface area contributed by atoms with Crippen molar-refractivity contribution in [2.75, 3.05) is 20.3 Å². The van der Waals surface area contributed by atoms with Crippen LogP contribution in [-0.2, 0) is 11.2 Å². The van der Waals surface area contributed by atoms with Crippen LogP contribution >= 0.6 is 0 Å². The monoisotopic (exact) mass is 315 g/mol. The van der Waals surface area contributed by atoms with Crippen LogP contribution in [0.1, 0.15) is 25.8 Å². The van der Waals surface area contributed by atoms with Crippen molar-refractivity contribution >= 4 is 16.7 Å². The number of ether oxygens (including phenoxy) is 1. The van der Waals surface area contributed by atoms with Crippen LogP contribution in [0.5, 0.6) is 5.75 Å². The van der Waals surface area contributed by atoms with Crippen LogP contribution in [0.3, 0.4) is 0 Å². The summed E-state index contributed by atoms with van der Waals surface area (Å²) in [6.07, 6.45) is 0.998. The summed E-state index contributed by atoms with van der Waals surface area (Å²) in [5.74, 6) is 0.778. The molecule has 4 nitrogen and oxygen atoms in total. The third-order valence-corrected chi connectivity index (χ3v) is 4.08. The fourth-order valence-corrected chi connectivity index (χ4v) is 2.56. The molecule has 0 fully saturated rings. The molecule has 0 atom stereocenters. The number of rotatable bonds is 7. The molecule has 0 radical (unpaired) electrons. The number of nitrogens with one attached hydrogen (secondary N) is 1. The zero-order valence-electron chi connectivity index (χ0n) is 14.1. The molecule has 0 aliphatic rings. The maximum Gasteiger partial charge on any atom is 0.224 e. The van der Waals surface area contributed by atoms with Crippen LogP contribution in [0.4, 0.5) is 0 Å². The predicted molar refractivity (Wildman–Crippen MR) is 92.7 cm³/mol. The molecule has 4 heteroatoms. The van der Waals surface area contributed by atoms with Crippen LogP contribution in [0.15, 0.2) is 36.4 Å². The van der Waals surface area contributed by atoms with Gasteiger partial charge < -0.3 is 15.2 Å². The van der Waals surface area contributed by atoms with E-state index in [0.717, 1.165) is 22.1 Å². The Labute approximate surface area is 137 Å². The Kier molecular flexibility index (Phi) is 5.61. The van der Waals surface area contributed by atoms with Crippen molar-refractivity contribution in [3.63, 3.8) is 0 Å². The second-order valence-corrected chi connectivity index (χ2v) is 6.60. The maximum absolute atomic E-state index is 12.3. The lowest BCUT2D eigenvalue weighted by Crippen LogP contribution is -2.35. The molecule has 124 valence electrons. The summed E-state index contributed by atoms with van der Waals surface area (Å²) < 4.78 is 5.28. The van der Waals surface area contributed by atoms with Crippen LogP contribution in [0.25, 0.3) is 10.8 Å². The fraction of sp³-hybridized carbons (Fsp3) is 0.421. The largest absolute Gasteiger partial charge is 0.497 e. The number of fused-ring (bicyclic) bond motifs is 1. The quantitative estimate of drug-likeness (QED) is 0.826. The van der Waals surface area contributed by atoms with Gasteiger partial charge in [-0.3, -0.25) is 4.79 Å². The third-order valence-electron chi connectivity index (χ3n) is 4.08. The number of benzene rings is 2. The molecule has 0 aromatic heterocycles. The first-order valence-corrected chi connectivity index (χ1v) is 7.88. The van der Waals surface area contributed by atoms with Gasteiger partial charge in [0.15, 0.2) is 0 Å². The molecule has 0 bridgehead atoms. The van der Waals surface area contributed by atoms with E-state index in [1.54, 1.807) is 7.11 Å². The number of aliphatic hydroxyl groups is 1. The summed E-state index contributed by atoms with van der Waals surface area (Å²) >= 11 is 0. The summed E-state index contributed by atoms with van der Waals surface area (Å²) in [6, 6.07) is 11.9. The van der Waals surface area contributed by atoms with Crippen molar-refractivity contribution in [1.29, 1.82) is 0 Å². The van der Waals surface area contributed by atoms with E-state index in [4.69, 9.17) is 9.84 Å². The molecule has 0 aliphatic carbocycles. The molecule has 0 aliphatic heterocycles. The molecule has 0 heterocycles. The lowest BCUT2D eigenvalue weighted by molar-refractivity contribution is -0.120. The topological polar surface area (TPSA) is 58.6 Å². The molecule has 0 saturated heterocycles. The highest BCUT2D eigenvalue weighted by molar-refractivity contribution is 5.91. The molecule has 0 saturated carbocycles. The molecular weight excluding hydrogens is 290 g/mol. The van der Waals surface area contributed by atoms with Gasteiger partial charge in [-0.1, -0.05) is 38.1 Å². The number of carbonyl (C=O) groups excluding carboxylic acids is 1. The lowest BCUT2D eigenvalue weighted by atomic mass is 9.89. The second kappa shape index (κ2) is 7.47. The number of aliphatic hydroxyl groups excluding tert-OH is 1. The molecule has 2 N–H and O–H groups in total. The first kappa shape index (κ1) is 17.3. The standard InChI is InChI=1S/C19H25NO3/c1-19(2,9-10-21)13-20-18(22)11-15-6-4-5-14-7-8-16(23-3)12-17(14)15/h4-8,12,21H,9-11,13H2,1-3H3,(H,20,22). The molecule has 1 amide bonds. The van der Waals surface area contributed by atoms with Crippen LogP contribution in [0, 0.1) is 5.41 Å². The zero-order valence-corrected chi connectivity index (χ0v) is 14.1. The second-order valence-electron chi connectivity index (χ2n) is 6.60. The number of hydrogen-bond acceptors (Lipinski definition) is 3. The van der Waals surface area contributed by atoms with Gasteiger partial charge in [0.1, 0.15) is 5.75 Å². The molecule has 23 heavy (non-hydrogen) atoms. The molecule has 2 aromatic carbocycles. The van der Waals surface area contributed by atoms with E-state index in [2.05, 4.69) is 5.32 Å². The van der Waals surface area contributed by atoms with Crippen LogP contribution in [-0.4, -0.2) is 31.3 Å². The summed E-state index contributed by atoms with van der Waals surface area (Å²) in [7, 11) is 1.64. The van der Waals surface area contributed by atoms with E-state index in [-0.39, 0.29) is 17.9 Å². The maximum atomic E-state index is 12.3. The molecule has 0 spiro atoms. The van der Waals surface area contributed by atoms with E-state index >= 15 is 0 Å². The minimum atomic E-state index is -0.105. The number of hydrogen-bond donors (Lipinski definition) is 2. The number of amides is 1. The number of carbonyl (C=O) groups is 1. The van der Waals surface area contributed by atoms with Crippen molar-refractivity contribution in [3.8, 4) is 5.75 Å². The molecular formula is C19H25NO3. The summed E-state index contributed by atoms with van der Waals surface area (Å²) in [4.78, 5) is 12.3. The summed E-state index contributed by atoms with van der Waals surface area (Å²) in [5, 5.41) is 14.1. The Morgan fingerprint density at radius 3 is 2.74 bits per heavy atom. The highest BCUT2D eigenvalue weighted by Crippen LogP contribution is 2.24. The van der Waals surface area contributed by atoms with E-state index in [1.165, 1.54) is 0 Å². The highest BCUT2D eigenvalue weighted by atomic mass is 16.5. The Morgan fingerprint density at radius 1 is 1.26 bits per heavy atom. The molecule has 2 aromatic rings. The SMILES string of the molecule is COc1ccc2cccc(CC(=O)NCC(C)(C)CCO)c2c1. The van der Waals surface area contributed by atoms with Crippen LogP contribution < -0.4 is 10.1 Å². The van der Waals surface area contributed by atoms with E-state index < -0.39 is 0 Å². The van der Waals surface area contributed by atoms with E-state index in [0.29, 0.717) is 19.4 Å². The van der Waals surface area contributed by atoms with E-state index in [9.17, 15) is 4.79 Å². The Balaban J connectivity index is 2.10. The van der Waals surface area contributed by atoms with Gasteiger partial charge in [-0.25, -0.2) is 0 Å². The predicted octanol–water partition coefficient (Wildman–Crippen LogP) is 2.92. The smallest absolute Gasteiger partial charge is 0.224 e. The first-order valence-electron chi connectivity index (χ1n) is 7.88. The lowest BCUT2D eigenvalue weighted by Gasteiger charge is -2.23. The Hall–Kier alpha value is -2.07. The van der Waals surface area contributed by atoms with Crippen molar-refractivity contribution < 1.29 is 14.6 Å². The average molecular weight is 315 g/mol. The molecule has 2 rings (SSSR count). The Morgan fingerprint density at radius 2 is 2.04 bits per heavy atom. The van der Waals surface area contributed by atoms with Crippen molar-refractivity contribution in [2.45, 2.75) is 26.7 Å². The first-order chi connectivity index (χ1) is 10.9. The van der Waals surface area contributed by atoms with Gasteiger partial charge in [0.25, 0.3) is 0 Å². The van der Waals surface area contributed by atoms with Crippen LogP contribution in [0.2, 0.25) is 0 Å². The van der Waals surface area contributed by atoms with Crippen molar-refractivity contribution in [2.24, 2.45) is 5.41 Å². The fourth-order valence-electron chi connectivity index (χ4n) is 2.56. The molecule has 0 unspecified atom stereocenters. The highest BCUT2D eigenvalue weighted by Gasteiger charge is 2.18. The average Bonchev–Trinajstić information content (AvgIpc) is 2.53. The normalized spacial score (nSPS) is 11.5. The number of methoxy groups -OCH3 is 1. The van der Waals surface area contributed by atoms with E-state index in [1.807, 2.05) is 50.2 Å². The van der Waals surface area contributed by atoms with Gasteiger partial charge in [-0.05, 0) is 40.3 Å². The van der Waals surface area contributed by atoms with Crippen molar-refractivity contribution in [3.05, 3.63) is 42.0 Å². The Bertz CT molecular complexity index is 679.